The summed E-state index contributed by atoms with van der Waals surface area (Å²) in [6.07, 6.45) is 1.62. The van der Waals surface area contributed by atoms with Gasteiger partial charge in [-0.2, -0.15) is 5.10 Å². The maximum absolute atomic E-state index is 11.2. The number of anilines is 1. The zero-order chi connectivity index (χ0) is 23.7. The number of nitrogens with zero attached hydrogens (tertiary/aromatic N) is 3. The zero-order valence-corrected chi connectivity index (χ0v) is 18.7. The number of hydrogen-bond donors (Lipinski definition) is 2. The van der Waals surface area contributed by atoms with Crippen molar-refractivity contribution in [2.75, 3.05) is 5.73 Å². The highest BCUT2D eigenvalue weighted by Gasteiger charge is 2.14. The van der Waals surface area contributed by atoms with Crippen molar-refractivity contribution in [2.24, 2.45) is 0 Å². The Labute approximate surface area is 196 Å². The maximum Gasteiger partial charge on any atom is 0.307 e. The highest BCUT2D eigenvalue weighted by Crippen LogP contribution is 2.31. The summed E-state index contributed by atoms with van der Waals surface area (Å²) in [5.74, 6) is 0.165. The molecular weight excluding hydrogens is 428 g/mol. The van der Waals surface area contributed by atoms with Crippen LogP contribution in [0.2, 0.25) is 0 Å². The molecule has 34 heavy (non-hydrogen) atoms. The molecule has 2 aromatic heterocycles. The molecule has 0 saturated carbocycles. The van der Waals surface area contributed by atoms with Crippen molar-refractivity contribution >= 4 is 33.5 Å². The smallest absolute Gasteiger partial charge is 0.307 e. The fraction of sp³-hybridized carbons (Fsp3) is 0.148. The normalized spacial score (nSPS) is 11.2. The van der Waals surface area contributed by atoms with Gasteiger partial charge in [0, 0.05) is 29.1 Å². The van der Waals surface area contributed by atoms with Gasteiger partial charge in [0.2, 0.25) is 0 Å². The lowest BCUT2D eigenvalue weighted by atomic mass is 10.00. The molecule has 2 heterocycles. The van der Waals surface area contributed by atoms with E-state index in [-0.39, 0.29) is 13.0 Å². The number of ether oxygens (including phenoxy) is 1. The standard InChI is InChI=1S/C27H24N4O3/c1-2-31-24-10-9-19(18-8-7-17-11-12-29-27(28)21(17)13-18)14-22(24)23(30-31)16-34-25-6-4-3-5-20(25)15-26(32)33/h3-14H,2,15-16H2,1H3,(H2,28,29)(H,32,33). The summed E-state index contributed by atoms with van der Waals surface area (Å²) in [5, 5.41) is 16.9. The number of benzene rings is 3. The monoisotopic (exact) mass is 452 g/mol. The first-order chi connectivity index (χ1) is 16.5. The van der Waals surface area contributed by atoms with Crippen molar-refractivity contribution in [1.82, 2.24) is 14.8 Å². The van der Waals surface area contributed by atoms with Gasteiger partial charge in [0.05, 0.1) is 11.9 Å². The van der Waals surface area contributed by atoms with E-state index < -0.39 is 5.97 Å². The molecule has 3 N–H and O–H groups in total. The van der Waals surface area contributed by atoms with E-state index in [0.717, 1.165) is 45.0 Å². The number of carboxylic acids is 1. The van der Waals surface area contributed by atoms with E-state index in [1.54, 1.807) is 18.3 Å². The highest BCUT2D eigenvalue weighted by atomic mass is 16.5. The van der Waals surface area contributed by atoms with Crippen LogP contribution in [-0.4, -0.2) is 25.8 Å². The van der Waals surface area contributed by atoms with Crippen LogP contribution in [0.1, 0.15) is 18.2 Å². The summed E-state index contributed by atoms with van der Waals surface area (Å²) >= 11 is 0. The second-order valence-electron chi connectivity index (χ2n) is 8.09. The minimum absolute atomic E-state index is 0.0928. The second-order valence-corrected chi connectivity index (χ2v) is 8.09. The lowest BCUT2D eigenvalue weighted by Crippen LogP contribution is -2.05. The van der Waals surface area contributed by atoms with Crippen molar-refractivity contribution in [3.8, 4) is 16.9 Å². The van der Waals surface area contributed by atoms with E-state index in [1.165, 1.54) is 0 Å². The fourth-order valence-electron chi connectivity index (χ4n) is 4.24. The van der Waals surface area contributed by atoms with Crippen molar-refractivity contribution in [3.05, 3.63) is 84.2 Å². The SMILES string of the molecule is CCn1nc(COc2ccccc2CC(=O)O)c2cc(-c3ccc4ccnc(N)c4c3)ccc21. The number of carbonyl (C=O) groups is 1. The van der Waals surface area contributed by atoms with Crippen LogP contribution in [0.5, 0.6) is 5.75 Å². The number of aryl methyl sites for hydroxylation is 1. The highest BCUT2D eigenvalue weighted by molar-refractivity contribution is 5.95. The molecule has 0 bridgehead atoms. The summed E-state index contributed by atoms with van der Waals surface area (Å²) < 4.78 is 7.99. The summed E-state index contributed by atoms with van der Waals surface area (Å²) in [4.78, 5) is 15.4. The van der Waals surface area contributed by atoms with Gasteiger partial charge in [0.25, 0.3) is 0 Å². The number of aliphatic carboxylic acids is 1. The molecule has 3 aromatic carbocycles. The molecule has 5 aromatic rings. The molecule has 0 saturated heterocycles. The van der Waals surface area contributed by atoms with Gasteiger partial charge in [-0.15, -0.1) is 0 Å². The first kappa shape index (κ1) is 21.5. The Bertz CT molecular complexity index is 1520. The number of nitrogens with two attached hydrogens (primary N) is 1. The largest absolute Gasteiger partial charge is 0.487 e. The van der Waals surface area contributed by atoms with Crippen molar-refractivity contribution in [3.63, 3.8) is 0 Å². The average Bonchev–Trinajstić information content (AvgIpc) is 3.20. The van der Waals surface area contributed by atoms with Gasteiger partial charge in [-0.3, -0.25) is 9.48 Å². The van der Waals surface area contributed by atoms with E-state index in [1.807, 2.05) is 35.9 Å². The van der Waals surface area contributed by atoms with Gasteiger partial charge in [-0.1, -0.05) is 36.4 Å². The van der Waals surface area contributed by atoms with E-state index in [0.29, 0.717) is 17.1 Å². The quantitative estimate of drug-likeness (QED) is 0.358. The molecule has 0 unspecified atom stereocenters. The molecule has 7 heteroatoms. The first-order valence-electron chi connectivity index (χ1n) is 11.1. The van der Waals surface area contributed by atoms with Crippen LogP contribution in [0.15, 0.2) is 72.9 Å². The van der Waals surface area contributed by atoms with Crippen LogP contribution in [-0.2, 0) is 24.4 Å². The molecule has 0 aliphatic carbocycles. The third-order valence-corrected chi connectivity index (χ3v) is 5.94. The van der Waals surface area contributed by atoms with Crippen molar-refractivity contribution in [1.29, 1.82) is 0 Å². The topological polar surface area (TPSA) is 103 Å². The minimum atomic E-state index is -0.896. The van der Waals surface area contributed by atoms with Crippen LogP contribution in [0.3, 0.4) is 0 Å². The maximum atomic E-state index is 11.2. The Morgan fingerprint density at radius 1 is 1.03 bits per heavy atom. The van der Waals surface area contributed by atoms with Gasteiger partial charge >= 0.3 is 5.97 Å². The fourth-order valence-corrected chi connectivity index (χ4v) is 4.24. The molecule has 0 radical (unpaired) electrons. The second kappa shape index (κ2) is 8.86. The Morgan fingerprint density at radius 3 is 2.59 bits per heavy atom. The van der Waals surface area contributed by atoms with Crippen LogP contribution in [0.25, 0.3) is 32.8 Å². The van der Waals surface area contributed by atoms with Gasteiger partial charge in [0.15, 0.2) is 0 Å². The lowest BCUT2D eigenvalue weighted by Gasteiger charge is -2.09. The number of hydrogen-bond acceptors (Lipinski definition) is 5. The summed E-state index contributed by atoms with van der Waals surface area (Å²) in [6.45, 7) is 3.01. The summed E-state index contributed by atoms with van der Waals surface area (Å²) in [5.41, 5.74) is 10.6. The number of fused-ring (bicyclic) bond motifs is 2. The first-order valence-corrected chi connectivity index (χ1v) is 11.1. The molecule has 0 atom stereocenters. The van der Waals surface area contributed by atoms with Crippen LogP contribution >= 0.6 is 0 Å². The van der Waals surface area contributed by atoms with Gasteiger partial charge in [-0.05, 0) is 53.8 Å². The Balaban J connectivity index is 1.52. The molecule has 0 amide bonds. The molecule has 0 aliphatic heterocycles. The molecule has 7 nitrogen and oxygen atoms in total. The van der Waals surface area contributed by atoms with Crippen LogP contribution in [0.4, 0.5) is 5.82 Å². The predicted octanol–water partition coefficient (Wildman–Crippen LogP) is 5.06. The van der Waals surface area contributed by atoms with E-state index in [4.69, 9.17) is 15.6 Å². The molecule has 170 valence electrons. The van der Waals surface area contributed by atoms with E-state index >= 15 is 0 Å². The zero-order valence-electron chi connectivity index (χ0n) is 18.7. The number of nitrogen functional groups attached to an aromatic ring is 1. The van der Waals surface area contributed by atoms with Crippen molar-refractivity contribution in [2.45, 2.75) is 26.5 Å². The third-order valence-electron chi connectivity index (χ3n) is 5.94. The predicted molar refractivity (Wildman–Crippen MR) is 133 cm³/mol. The van der Waals surface area contributed by atoms with Gasteiger partial charge in [0.1, 0.15) is 23.9 Å². The molecule has 0 spiro atoms. The molecular formula is C27H24N4O3. The van der Waals surface area contributed by atoms with Crippen molar-refractivity contribution < 1.29 is 14.6 Å². The average molecular weight is 453 g/mol. The lowest BCUT2D eigenvalue weighted by molar-refractivity contribution is -0.136. The molecule has 5 rings (SSSR count). The number of aromatic nitrogens is 3. The summed E-state index contributed by atoms with van der Waals surface area (Å²) in [7, 11) is 0. The van der Waals surface area contributed by atoms with Crippen LogP contribution < -0.4 is 10.5 Å². The van der Waals surface area contributed by atoms with Crippen LogP contribution in [0, 0.1) is 0 Å². The van der Waals surface area contributed by atoms with E-state index in [9.17, 15) is 9.90 Å². The third kappa shape index (κ3) is 4.03. The Kier molecular flexibility index (Phi) is 5.59. The minimum Gasteiger partial charge on any atom is -0.487 e. The number of para-hydroxylation sites is 1. The molecule has 0 fully saturated rings. The van der Waals surface area contributed by atoms with Gasteiger partial charge < -0.3 is 15.6 Å². The number of carboxylic acid groups (broad SMARTS) is 1. The Morgan fingerprint density at radius 2 is 1.79 bits per heavy atom. The van der Waals surface area contributed by atoms with Gasteiger partial charge in [-0.25, -0.2) is 4.98 Å². The van der Waals surface area contributed by atoms with E-state index in [2.05, 4.69) is 35.3 Å². The number of rotatable bonds is 7. The Hall–Kier alpha value is -4.39. The number of pyridine rings is 1. The summed E-state index contributed by atoms with van der Waals surface area (Å²) in [6, 6.07) is 21.6. The molecule has 0 aliphatic rings.